The van der Waals surface area contributed by atoms with E-state index in [1.54, 1.807) is 41.4 Å². The highest BCUT2D eigenvalue weighted by Crippen LogP contribution is 2.47. The Bertz CT molecular complexity index is 1150. The van der Waals surface area contributed by atoms with E-state index in [1.165, 1.54) is 19.3 Å². The van der Waals surface area contributed by atoms with Crippen LogP contribution in [-0.2, 0) is 14.2 Å². The fourth-order valence-corrected chi connectivity index (χ4v) is 3.55. The lowest BCUT2D eigenvalue weighted by Crippen LogP contribution is -2.55. The van der Waals surface area contributed by atoms with Gasteiger partial charge in [-0.15, -0.1) is 0 Å². The summed E-state index contributed by atoms with van der Waals surface area (Å²) < 4.78 is 161. The molecule has 0 radical (unpaired) electrons. The van der Waals surface area contributed by atoms with Crippen LogP contribution in [0.5, 0.6) is 11.5 Å². The van der Waals surface area contributed by atoms with E-state index in [4.69, 9.17) is 9.47 Å². The normalized spacial score (nSPS) is 13.2. The van der Waals surface area contributed by atoms with E-state index < -0.39 is 43.8 Å². The lowest BCUT2D eigenvalue weighted by molar-refractivity contribution is -0.537. The van der Waals surface area contributed by atoms with Crippen molar-refractivity contribution in [3.63, 3.8) is 0 Å². The first-order chi connectivity index (χ1) is 21.4. The minimum atomic E-state index is -6.83. The molecule has 0 N–H and O–H groups in total. The Morgan fingerprint density at radius 1 is 0.565 bits per heavy atom. The summed E-state index contributed by atoms with van der Waals surface area (Å²) in [5, 5.41) is 0. The van der Waals surface area contributed by atoms with Crippen molar-refractivity contribution in [2.24, 2.45) is 0 Å². The first-order valence-corrected chi connectivity index (χ1v) is 14.1. The molecule has 7 nitrogen and oxygen atoms in total. The van der Waals surface area contributed by atoms with Crippen molar-refractivity contribution in [3.05, 3.63) is 36.7 Å². The molecule has 0 bridgehead atoms. The van der Waals surface area contributed by atoms with Crippen molar-refractivity contribution in [3.8, 4) is 22.9 Å². The van der Waals surface area contributed by atoms with Gasteiger partial charge in [0.25, 0.3) is 0 Å². The molecule has 1 aromatic carbocycles. The zero-order chi connectivity index (χ0) is 34.5. The van der Waals surface area contributed by atoms with E-state index in [1.807, 2.05) is 0 Å². The summed E-state index contributed by atoms with van der Waals surface area (Å²) in [7, 11) is 0. The van der Waals surface area contributed by atoms with Gasteiger partial charge >= 0.3 is 30.6 Å². The van der Waals surface area contributed by atoms with Crippen LogP contribution in [0.4, 0.5) is 48.3 Å². The molecule has 0 aliphatic carbocycles. The summed E-state index contributed by atoms with van der Waals surface area (Å²) in [5.74, 6) is 1.56. The van der Waals surface area contributed by atoms with Crippen molar-refractivity contribution in [2.75, 3.05) is 26.4 Å². The van der Waals surface area contributed by atoms with Gasteiger partial charge in [0.1, 0.15) is 12.4 Å². The molecule has 0 saturated heterocycles. The van der Waals surface area contributed by atoms with Gasteiger partial charge in [-0.25, -0.2) is 19.4 Å². The zero-order valence-corrected chi connectivity index (χ0v) is 24.5. The number of ether oxygens (including phenoxy) is 5. The highest BCUT2D eigenvalue weighted by Gasteiger charge is 2.72. The number of rotatable bonds is 22. The molecule has 0 aliphatic heterocycles. The van der Waals surface area contributed by atoms with E-state index in [9.17, 15) is 48.3 Å². The SMILES string of the molecule is CCCCCCCOc1cnc(-c2ccc(OCCCCCOCC(F)(F)OC(F)(F)C(F)(F)OC(F)(F)C(F)(F)F)cc2)nc1. The van der Waals surface area contributed by atoms with Gasteiger partial charge in [0.15, 0.2) is 11.6 Å². The van der Waals surface area contributed by atoms with Crippen LogP contribution < -0.4 is 9.47 Å². The Hall–Kier alpha value is -2.99. The topological polar surface area (TPSA) is 71.9 Å². The van der Waals surface area contributed by atoms with E-state index >= 15 is 0 Å². The van der Waals surface area contributed by atoms with Gasteiger partial charge in [-0.2, -0.15) is 48.3 Å². The number of aromatic nitrogens is 2. The number of halogens is 11. The van der Waals surface area contributed by atoms with Crippen molar-refractivity contribution in [2.45, 2.75) is 88.9 Å². The Kier molecular flexibility index (Phi) is 14.7. The monoisotopic (exact) mass is 686 g/mol. The molecule has 262 valence electrons. The number of nitrogens with zero attached hydrogens (tertiary/aromatic N) is 2. The summed E-state index contributed by atoms with van der Waals surface area (Å²) in [4.78, 5) is 8.60. The highest BCUT2D eigenvalue weighted by atomic mass is 19.4. The third kappa shape index (κ3) is 13.0. The molecule has 0 amide bonds. The second-order valence-corrected chi connectivity index (χ2v) is 9.88. The molecule has 1 heterocycles. The Labute approximate surface area is 257 Å². The Morgan fingerprint density at radius 3 is 1.63 bits per heavy atom. The van der Waals surface area contributed by atoms with Crippen LogP contribution in [0.15, 0.2) is 36.7 Å². The number of alkyl halides is 11. The molecular formula is C28H33F11N2O5. The predicted molar refractivity (Wildman–Crippen MR) is 140 cm³/mol. The number of hydrogen-bond acceptors (Lipinski definition) is 7. The lowest BCUT2D eigenvalue weighted by Gasteiger charge is -2.31. The summed E-state index contributed by atoms with van der Waals surface area (Å²) in [6.45, 7) is 0.417. The maximum atomic E-state index is 13.5. The minimum absolute atomic E-state index is 0.0851. The smallest absolute Gasteiger partial charge is 0.483 e. The molecule has 0 aliphatic rings. The Morgan fingerprint density at radius 2 is 1.07 bits per heavy atom. The Balaban J connectivity index is 1.65. The third-order valence-electron chi connectivity index (χ3n) is 5.93. The molecule has 46 heavy (non-hydrogen) atoms. The first-order valence-electron chi connectivity index (χ1n) is 14.1. The van der Waals surface area contributed by atoms with Crippen molar-refractivity contribution in [1.29, 1.82) is 0 Å². The third-order valence-corrected chi connectivity index (χ3v) is 5.93. The lowest BCUT2D eigenvalue weighted by atomic mass is 10.2. The van der Waals surface area contributed by atoms with Gasteiger partial charge in [-0.3, -0.25) is 0 Å². The highest BCUT2D eigenvalue weighted by molar-refractivity contribution is 5.56. The summed E-state index contributed by atoms with van der Waals surface area (Å²) in [6.07, 6.45) is -22.6. The molecule has 18 heteroatoms. The van der Waals surface area contributed by atoms with Crippen molar-refractivity contribution < 1.29 is 72.0 Å². The van der Waals surface area contributed by atoms with Crippen molar-refractivity contribution >= 4 is 0 Å². The average Bonchev–Trinajstić information content (AvgIpc) is 2.95. The summed E-state index contributed by atoms with van der Waals surface area (Å²) >= 11 is 0. The second kappa shape index (κ2) is 17.2. The standard InChI is InChI=1S/C28H33F11N2O5/c1-2-3-4-5-8-16-44-22-17-40-23(41-18-22)20-10-12-21(13-11-20)43-15-9-6-7-14-42-19-24(29,30)45-27(36,37)28(38,39)46-26(34,35)25(31,32)33/h10-13,17-18H,2-9,14-16,19H2,1H3. The molecule has 0 unspecified atom stereocenters. The predicted octanol–water partition coefficient (Wildman–Crippen LogP) is 9.03. The largest absolute Gasteiger partial charge is 0.494 e. The minimum Gasteiger partial charge on any atom is -0.494 e. The van der Waals surface area contributed by atoms with Gasteiger partial charge in [-0.1, -0.05) is 32.6 Å². The fraction of sp³-hybridized carbons (Fsp3) is 0.643. The van der Waals surface area contributed by atoms with Gasteiger partial charge in [0, 0.05) is 12.2 Å². The van der Waals surface area contributed by atoms with Crippen LogP contribution in [0.2, 0.25) is 0 Å². The van der Waals surface area contributed by atoms with E-state index in [0.29, 0.717) is 36.8 Å². The van der Waals surface area contributed by atoms with Crippen molar-refractivity contribution in [1.82, 2.24) is 9.97 Å². The molecule has 2 aromatic rings. The molecule has 2 rings (SSSR count). The van der Waals surface area contributed by atoms with Crippen LogP contribution >= 0.6 is 0 Å². The van der Waals surface area contributed by atoms with E-state index in [0.717, 1.165) is 18.4 Å². The van der Waals surface area contributed by atoms with E-state index in [2.05, 4.69) is 26.4 Å². The molecule has 0 fully saturated rings. The number of hydrogen-bond donors (Lipinski definition) is 0. The summed E-state index contributed by atoms with van der Waals surface area (Å²) in [6, 6.07) is 6.84. The molecule has 0 atom stereocenters. The van der Waals surface area contributed by atoms with Crippen LogP contribution in [0.1, 0.15) is 58.3 Å². The van der Waals surface area contributed by atoms with Crippen LogP contribution in [0, 0.1) is 0 Å². The van der Waals surface area contributed by atoms with Gasteiger partial charge in [-0.05, 0) is 49.9 Å². The maximum Gasteiger partial charge on any atom is 0.483 e. The average molecular weight is 687 g/mol. The molecule has 0 saturated carbocycles. The van der Waals surface area contributed by atoms with Gasteiger partial charge in [0.2, 0.25) is 0 Å². The van der Waals surface area contributed by atoms with Crippen LogP contribution in [-0.4, -0.2) is 67.0 Å². The first kappa shape index (κ1) is 39.2. The molecule has 0 spiro atoms. The zero-order valence-electron chi connectivity index (χ0n) is 24.5. The summed E-state index contributed by atoms with van der Waals surface area (Å²) in [5.41, 5.74) is 0.727. The number of benzene rings is 1. The molecular weight excluding hydrogens is 653 g/mol. The van der Waals surface area contributed by atoms with Gasteiger partial charge in [0.05, 0.1) is 25.6 Å². The second-order valence-electron chi connectivity index (χ2n) is 9.88. The number of unbranched alkanes of at least 4 members (excludes halogenated alkanes) is 6. The van der Waals surface area contributed by atoms with Gasteiger partial charge < -0.3 is 14.2 Å². The van der Waals surface area contributed by atoms with Crippen LogP contribution in [0.25, 0.3) is 11.4 Å². The molecule has 1 aromatic heterocycles. The fourth-order valence-electron chi connectivity index (χ4n) is 3.55. The van der Waals surface area contributed by atoms with E-state index in [-0.39, 0.29) is 13.0 Å². The quantitative estimate of drug-likeness (QED) is 0.0905. The maximum absolute atomic E-state index is 13.5. The van der Waals surface area contributed by atoms with Crippen LogP contribution in [0.3, 0.4) is 0 Å².